The molecular weight excluding hydrogens is 304 g/mol. The van der Waals surface area contributed by atoms with Gasteiger partial charge in [0.25, 0.3) is 0 Å². The minimum Gasteiger partial charge on any atom is -0.262 e. The monoisotopic (exact) mass is 318 g/mol. The molecule has 4 nitrogen and oxygen atoms in total. The number of nitrogens with zero attached hydrogens (tertiary/aromatic N) is 2. The zero-order valence-electron chi connectivity index (χ0n) is 9.63. The summed E-state index contributed by atoms with van der Waals surface area (Å²) in [6.07, 6.45) is 5.77. The second-order valence-corrected chi connectivity index (χ2v) is 6.99. The molecule has 0 bridgehead atoms. The van der Waals surface area contributed by atoms with Gasteiger partial charge >= 0.3 is 0 Å². The lowest BCUT2D eigenvalue weighted by molar-refractivity contribution is 0.403. The van der Waals surface area contributed by atoms with Gasteiger partial charge in [-0.05, 0) is 41.3 Å². The zero-order chi connectivity index (χ0) is 12.5. The second-order valence-electron chi connectivity index (χ2n) is 4.19. The Morgan fingerprint density at radius 2 is 2.18 bits per heavy atom. The Kier molecular flexibility index (Phi) is 3.85. The Morgan fingerprint density at radius 1 is 1.47 bits per heavy atom. The highest BCUT2D eigenvalue weighted by Crippen LogP contribution is 2.32. The minimum absolute atomic E-state index is 0.193. The van der Waals surface area contributed by atoms with Gasteiger partial charge in [-0.1, -0.05) is 6.92 Å². The SMILES string of the molecule is CCCN(C1CC1)S(=O)(=O)c1cncc(Br)c1. The van der Waals surface area contributed by atoms with Crippen LogP contribution in [-0.2, 0) is 10.0 Å². The van der Waals surface area contributed by atoms with E-state index in [-0.39, 0.29) is 10.9 Å². The molecule has 0 spiro atoms. The smallest absolute Gasteiger partial charge is 0.244 e. The molecule has 0 amide bonds. The summed E-state index contributed by atoms with van der Waals surface area (Å²) in [4.78, 5) is 4.19. The van der Waals surface area contributed by atoms with Gasteiger partial charge in [0, 0.05) is 29.5 Å². The van der Waals surface area contributed by atoms with Crippen LogP contribution >= 0.6 is 15.9 Å². The summed E-state index contributed by atoms with van der Waals surface area (Å²) in [7, 11) is -3.38. The molecule has 0 atom stereocenters. The van der Waals surface area contributed by atoms with Crippen LogP contribution in [0.15, 0.2) is 27.8 Å². The van der Waals surface area contributed by atoms with Crippen LogP contribution in [0.5, 0.6) is 0 Å². The van der Waals surface area contributed by atoms with Crippen molar-refractivity contribution in [2.45, 2.75) is 37.1 Å². The molecule has 1 saturated carbocycles. The number of rotatable bonds is 5. The van der Waals surface area contributed by atoms with Gasteiger partial charge < -0.3 is 0 Å². The first-order valence-corrected chi connectivity index (χ1v) is 7.91. The maximum Gasteiger partial charge on any atom is 0.244 e. The van der Waals surface area contributed by atoms with Gasteiger partial charge in [0.1, 0.15) is 4.90 Å². The van der Waals surface area contributed by atoms with Crippen LogP contribution in [0, 0.1) is 0 Å². The van der Waals surface area contributed by atoms with Crippen molar-refractivity contribution in [3.63, 3.8) is 0 Å². The van der Waals surface area contributed by atoms with Crippen molar-refractivity contribution in [3.05, 3.63) is 22.9 Å². The standard InChI is InChI=1S/C11H15BrN2O2S/c1-2-5-14(10-3-4-10)17(15,16)11-6-9(12)7-13-8-11/h6-8,10H,2-5H2,1H3. The lowest BCUT2D eigenvalue weighted by atomic mass is 10.5. The highest BCUT2D eigenvalue weighted by atomic mass is 79.9. The topological polar surface area (TPSA) is 50.3 Å². The van der Waals surface area contributed by atoms with Crippen molar-refractivity contribution in [2.75, 3.05) is 6.54 Å². The molecule has 0 N–H and O–H groups in total. The van der Waals surface area contributed by atoms with Gasteiger partial charge in [0.15, 0.2) is 0 Å². The molecule has 0 aromatic carbocycles. The van der Waals surface area contributed by atoms with Crippen LogP contribution in [0.4, 0.5) is 0 Å². The van der Waals surface area contributed by atoms with Gasteiger partial charge in [-0.3, -0.25) is 4.98 Å². The van der Waals surface area contributed by atoms with Crippen molar-refractivity contribution >= 4 is 26.0 Å². The van der Waals surface area contributed by atoms with Gasteiger partial charge in [-0.15, -0.1) is 0 Å². The summed E-state index contributed by atoms with van der Waals surface area (Å²) in [5.74, 6) is 0. The van der Waals surface area contributed by atoms with Crippen molar-refractivity contribution in [1.82, 2.24) is 9.29 Å². The number of aromatic nitrogens is 1. The lowest BCUT2D eigenvalue weighted by Crippen LogP contribution is -2.33. The summed E-state index contributed by atoms with van der Waals surface area (Å²) in [6, 6.07) is 1.80. The first kappa shape index (κ1) is 13.0. The molecule has 1 aromatic heterocycles. The quantitative estimate of drug-likeness (QED) is 0.837. The Hall–Kier alpha value is -0.460. The molecule has 1 aliphatic carbocycles. The highest BCUT2D eigenvalue weighted by Gasteiger charge is 2.37. The van der Waals surface area contributed by atoms with Crippen LogP contribution < -0.4 is 0 Å². The number of halogens is 1. The van der Waals surface area contributed by atoms with E-state index in [4.69, 9.17) is 0 Å². The second kappa shape index (κ2) is 5.04. The van der Waals surface area contributed by atoms with E-state index in [2.05, 4.69) is 20.9 Å². The zero-order valence-corrected chi connectivity index (χ0v) is 12.0. The van der Waals surface area contributed by atoms with Crippen LogP contribution in [0.25, 0.3) is 0 Å². The van der Waals surface area contributed by atoms with E-state index < -0.39 is 10.0 Å². The van der Waals surface area contributed by atoms with Crippen LogP contribution in [0.3, 0.4) is 0 Å². The third kappa shape index (κ3) is 2.86. The molecular formula is C11H15BrN2O2S. The van der Waals surface area contributed by atoms with E-state index in [9.17, 15) is 8.42 Å². The molecule has 1 fully saturated rings. The van der Waals surface area contributed by atoms with E-state index >= 15 is 0 Å². The summed E-state index contributed by atoms with van der Waals surface area (Å²) in [6.45, 7) is 2.57. The van der Waals surface area contributed by atoms with Crippen molar-refractivity contribution in [1.29, 1.82) is 0 Å². The van der Waals surface area contributed by atoms with Crippen molar-refractivity contribution < 1.29 is 8.42 Å². The highest BCUT2D eigenvalue weighted by molar-refractivity contribution is 9.10. The lowest BCUT2D eigenvalue weighted by Gasteiger charge is -2.21. The molecule has 1 heterocycles. The molecule has 0 aliphatic heterocycles. The largest absolute Gasteiger partial charge is 0.262 e. The summed E-state index contributed by atoms with van der Waals surface area (Å²) in [5, 5.41) is 0. The van der Waals surface area contributed by atoms with E-state index in [1.807, 2.05) is 6.92 Å². The van der Waals surface area contributed by atoms with Gasteiger partial charge in [-0.2, -0.15) is 4.31 Å². The number of hydrogen-bond acceptors (Lipinski definition) is 3. The number of sulfonamides is 1. The van der Waals surface area contributed by atoms with Gasteiger partial charge in [0.05, 0.1) is 0 Å². The maximum atomic E-state index is 12.4. The molecule has 1 aliphatic rings. The van der Waals surface area contributed by atoms with Crippen molar-refractivity contribution in [2.24, 2.45) is 0 Å². The minimum atomic E-state index is -3.38. The molecule has 6 heteroatoms. The van der Waals surface area contributed by atoms with Crippen LogP contribution in [-0.4, -0.2) is 30.3 Å². The first-order valence-electron chi connectivity index (χ1n) is 5.68. The third-order valence-electron chi connectivity index (χ3n) is 2.68. The Bertz CT molecular complexity index is 500. The fourth-order valence-corrected chi connectivity index (χ4v) is 4.03. The average Bonchev–Trinajstić information content (AvgIpc) is 3.09. The molecule has 2 rings (SSSR count). The molecule has 1 aromatic rings. The third-order valence-corrected chi connectivity index (χ3v) is 5.04. The predicted octanol–water partition coefficient (Wildman–Crippen LogP) is 2.41. The summed E-state index contributed by atoms with van der Waals surface area (Å²) < 4.78 is 27.1. The maximum absolute atomic E-state index is 12.4. The molecule has 0 unspecified atom stereocenters. The van der Waals surface area contributed by atoms with Gasteiger partial charge in [0.2, 0.25) is 10.0 Å². The molecule has 0 radical (unpaired) electrons. The van der Waals surface area contributed by atoms with Crippen LogP contribution in [0.2, 0.25) is 0 Å². The molecule has 94 valence electrons. The Labute approximate surface area is 110 Å². The predicted molar refractivity (Wildman–Crippen MR) is 69.1 cm³/mol. The Balaban J connectivity index is 2.33. The molecule has 0 saturated heterocycles. The van der Waals surface area contributed by atoms with E-state index in [1.165, 1.54) is 6.20 Å². The number of pyridine rings is 1. The average molecular weight is 319 g/mol. The van der Waals surface area contributed by atoms with E-state index in [1.54, 1.807) is 16.6 Å². The first-order chi connectivity index (χ1) is 8.05. The fraction of sp³-hybridized carbons (Fsp3) is 0.545. The van der Waals surface area contributed by atoms with Gasteiger partial charge in [-0.25, -0.2) is 8.42 Å². The molecule has 17 heavy (non-hydrogen) atoms. The van der Waals surface area contributed by atoms with Crippen LogP contribution in [0.1, 0.15) is 26.2 Å². The fourth-order valence-electron chi connectivity index (χ4n) is 1.75. The number of hydrogen-bond donors (Lipinski definition) is 0. The van der Waals surface area contributed by atoms with E-state index in [0.717, 1.165) is 19.3 Å². The summed E-state index contributed by atoms with van der Waals surface area (Å²) >= 11 is 3.25. The van der Waals surface area contributed by atoms with Crippen molar-refractivity contribution in [3.8, 4) is 0 Å². The normalized spacial score (nSPS) is 16.4. The summed E-state index contributed by atoms with van der Waals surface area (Å²) in [5.41, 5.74) is 0. The Morgan fingerprint density at radius 3 is 2.71 bits per heavy atom. The van der Waals surface area contributed by atoms with E-state index in [0.29, 0.717) is 11.0 Å².